The number of likely N-dealkylation sites (tertiary alicyclic amines) is 1. The number of hydrogen-bond acceptors (Lipinski definition) is 4. The zero-order chi connectivity index (χ0) is 15.2. The van der Waals surface area contributed by atoms with E-state index in [1.54, 1.807) is 0 Å². The van der Waals surface area contributed by atoms with Crippen molar-refractivity contribution in [2.45, 2.75) is 51.5 Å². The summed E-state index contributed by atoms with van der Waals surface area (Å²) in [6, 6.07) is 0.574. The minimum atomic E-state index is 0.147. The lowest BCUT2D eigenvalue weighted by atomic mass is 9.98. The summed E-state index contributed by atoms with van der Waals surface area (Å²) in [5, 5.41) is 3.97. The second kappa shape index (κ2) is 8.11. The molecule has 1 atom stereocenters. The fourth-order valence-corrected chi connectivity index (χ4v) is 3.84. The molecule has 0 radical (unpaired) electrons. The molecule has 6 heteroatoms. The summed E-state index contributed by atoms with van der Waals surface area (Å²) in [7, 11) is 2.16. The van der Waals surface area contributed by atoms with E-state index in [9.17, 15) is 4.79 Å². The largest absolute Gasteiger partial charge is 0.356 e. The van der Waals surface area contributed by atoms with Crippen LogP contribution in [0.3, 0.4) is 0 Å². The van der Waals surface area contributed by atoms with Crippen molar-refractivity contribution in [2.24, 2.45) is 0 Å². The van der Waals surface area contributed by atoms with Gasteiger partial charge in [0, 0.05) is 25.4 Å². The Morgan fingerprint density at radius 2 is 2.33 bits per heavy atom. The first kappa shape index (κ1) is 16.7. The Bertz CT molecular complexity index is 458. The SMILES string of the molecule is Cc1nc(CCNC(=O)CC[C@H]2CCCCN2C)sc1Cl. The first-order valence-corrected chi connectivity index (χ1v) is 8.84. The Labute approximate surface area is 135 Å². The van der Waals surface area contributed by atoms with E-state index in [0.29, 0.717) is 19.0 Å². The summed E-state index contributed by atoms with van der Waals surface area (Å²) in [5.74, 6) is 0.147. The number of halogens is 1. The van der Waals surface area contributed by atoms with E-state index in [-0.39, 0.29) is 5.91 Å². The van der Waals surface area contributed by atoms with Crippen molar-refractivity contribution >= 4 is 28.8 Å². The van der Waals surface area contributed by atoms with E-state index in [1.165, 1.54) is 30.6 Å². The van der Waals surface area contributed by atoms with Gasteiger partial charge in [0.05, 0.1) is 10.7 Å². The molecule has 1 fully saturated rings. The minimum absolute atomic E-state index is 0.147. The monoisotopic (exact) mass is 329 g/mol. The predicted octanol–water partition coefficient (Wildman–Crippen LogP) is 3.03. The number of thiazole rings is 1. The number of carbonyl (C=O) groups excluding carboxylic acids is 1. The lowest BCUT2D eigenvalue weighted by molar-refractivity contribution is -0.121. The van der Waals surface area contributed by atoms with Gasteiger partial charge in [-0.3, -0.25) is 4.79 Å². The summed E-state index contributed by atoms with van der Waals surface area (Å²) >= 11 is 7.48. The lowest BCUT2D eigenvalue weighted by Gasteiger charge is -2.32. The molecule has 0 aromatic carbocycles. The van der Waals surface area contributed by atoms with Crippen molar-refractivity contribution in [2.75, 3.05) is 20.1 Å². The number of nitrogens with zero attached hydrogens (tertiary/aromatic N) is 2. The molecule has 1 aliphatic heterocycles. The highest BCUT2D eigenvalue weighted by Gasteiger charge is 2.19. The predicted molar refractivity (Wildman–Crippen MR) is 88.1 cm³/mol. The number of hydrogen-bond donors (Lipinski definition) is 1. The second-order valence-corrected chi connectivity index (χ2v) is 7.42. The van der Waals surface area contributed by atoms with Gasteiger partial charge < -0.3 is 10.2 Å². The van der Waals surface area contributed by atoms with Crippen LogP contribution >= 0.6 is 22.9 Å². The first-order valence-electron chi connectivity index (χ1n) is 7.65. The molecule has 0 aliphatic carbocycles. The van der Waals surface area contributed by atoms with Crippen LogP contribution in [-0.4, -0.2) is 42.0 Å². The van der Waals surface area contributed by atoms with Crippen molar-refractivity contribution in [3.63, 3.8) is 0 Å². The van der Waals surface area contributed by atoms with E-state index in [2.05, 4.69) is 22.2 Å². The van der Waals surface area contributed by atoms with E-state index in [1.807, 2.05) is 6.92 Å². The maximum atomic E-state index is 11.9. The van der Waals surface area contributed by atoms with Gasteiger partial charge in [-0.1, -0.05) is 18.0 Å². The molecule has 1 N–H and O–H groups in total. The molecular formula is C15H24ClN3OS. The Morgan fingerprint density at radius 1 is 1.52 bits per heavy atom. The third-order valence-electron chi connectivity index (χ3n) is 4.07. The molecule has 1 aromatic rings. The third kappa shape index (κ3) is 5.24. The average molecular weight is 330 g/mol. The minimum Gasteiger partial charge on any atom is -0.356 e. The van der Waals surface area contributed by atoms with Crippen molar-refractivity contribution in [1.29, 1.82) is 0 Å². The molecule has 21 heavy (non-hydrogen) atoms. The van der Waals surface area contributed by atoms with Gasteiger partial charge in [-0.2, -0.15) is 0 Å². The number of aromatic nitrogens is 1. The number of rotatable bonds is 6. The van der Waals surface area contributed by atoms with E-state index in [0.717, 1.165) is 34.4 Å². The Kier molecular flexibility index (Phi) is 6.45. The molecule has 2 heterocycles. The molecule has 1 aromatic heterocycles. The number of aryl methyl sites for hydroxylation is 1. The van der Waals surface area contributed by atoms with Crippen LogP contribution in [0.25, 0.3) is 0 Å². The summed E-state index contributed by atoms with van der Waals surface area (Å²) < 4.78 is 0.747. The molecule has 1 saturated heterocycles. The van der Waals surface area contributed by atoms with Crippen LogP contribution in [0.2, 0.25) is 4.34 Å². The second-order valence-electron chi connectivity index (χ2n) is 5.74. The molecule has 0 unspecified atom stereocenters. The molecule has 0 saturated carbocycles. The van der Waals surface area contributed by atoms with Crippen molar-refractivity contribution in [3.8, 4) is 0 Å². The van der Waals surface area contributed by atoms with Gasteiger partial charge in [-0.05, 0) is 39.8 Å². The van der Waals surface area contributed by atoms with Crippen molar-refractivity contribution in [1.82, 2.24) is 15.2 Å². The Morgan fingerprint density at radius 3 is 3.00 bits per heavy atom. The van der Waals surface area contributed by atoms with Crippen LogP contribution < -0.4 is 5.32 Å². The maximum absolute atomic E-state index is 11.9. The van der Waals surface area contributed by atoms with Gasteiger partial charge in [0.25, 0.3) is 0 Å². The van der Waals surface area contributed by atoms with Gasteiger partial charge in [0.2, 0.25) is 5.91 Å². The van der Waals surface area contributed by atoms with Crippen molar-refractivity contribution < 1.29 is 4.79 Å². The number of nitrogens with one attached hydrogen (secondary N) is 1. The molecule has 2 rings (SSSR count). The zero-order valence-corrected chi connectivity index (χ0v) is 14.4. The molecule has 0 bridgehead atoms. The highest BCUT2D eigenvalue weighted by atomic mass is 35.5. The highest BCUT2D eigenvalue weighted by molar-refractivity contribution is 7.16. The number of piperidine rings is 1. The Hall–Kier alpha value is -0.650. The third-order valence-corrected chi connectivity index (χ3v) is 5.58. The van der Waals surface area contributed by atoms with Crippen LogP contribution in [-0.2, 0) is 11.2 Å². The normalized spacial score (nSPS) is 19.7. The summed E-state index contributed by atoms with van der Waals surface area (Å²) in [5.41, 5.74) is 0.878. The zero-order valence-electron chi connectivity index (χ0n) is 12.8. The van der Waals surface area contributed by atoms with Gasteiger partial charge in [-0.15, -0.1) is 11.3 Å². The molecule has 1 amide bonds. The fourth-order valence-electron chi connectivity index (χ4n) is 2.74. The van der Waals surface area contributed by atoms with Gasteiger partial charge in [0.1, 0.15) is 4.34 Å². The summed E-state index contributed by atoms with van der Waals surface area (Å²) in [4.78, 5) is 18.6. The smallest absolute Gasteiger partial charge is 0.220 e. The van der Waals surface area contributed by atoms with Gasteiger partial charge in [-0.25, -0.2) is 4.98 Å². The number of carbonyl (C=O) groups is 1. The summed E-state index contributed by atoms with van der Waals surface area (Å²) in [6.45, 7) is 3.71. The topological polar surface area (TPSA) is 45.2 Å². The van der Waals surface area contributed by atoms with E-state index in [4.69, 9.17) is 11.6 Å². The summed E-state index contributed by atoms with van der Waals surface area (Å²) in [6.07, 6.45) is 6.14. The maximum Gasteiger partial charge on any atom is 0.220 e. The lowest BCUT2D eigenvalue weighted by Crippen LogP contribution is -2.37. The van der Waals surface area contributed by atoms with Crippen LogP contribution in [0.1, 0.15) is 42.8 Å². The van der Waals surface area contributed by atoms with Crippen LogP contribution in [0.15, 0.2) is 0 Å². The number of amides is 1. The molecule has 4 nitrogen and oxygen atoms in total. The quantitative estimate of drug-likeness (QED) is 0.872. The molecule has 1 aliphatic rings. The van der Waals surface area contributed by atoms with Crippen molar-refractivity contribution in [3.05, 3.63) is 15.0 Å². The molecule has 118 valence electrons. The van der Waals surface area contributed by atoms with Gasteiger partial charge in [0.15, 0.2) is 0 Å². The fraction of sp³-hybridized carbons (Fsp3) is 0.733. The molecular weight excluding hydrogens is 306 g/mol. The van der Waals surface area contributed by atoms with Gasteiger partial charge >= 0.3 is 0 Å². The van der Waals surface area contributed by atoms with E-state index < -0.39 is 0 Å². The first-order chi connectivity index (χ1) is 10.1. The van der Waals surface area contributed by atoms with Crippen LogP contribution in [0.5, 0.6) is 0 Å². The highest BCUT2D eigenvalue weighted by Crippen LogP contribution is 2.23. The van der Waals surface area contributed by atoms with Crippen LogP contribution in [0.4, 0.5) is 0 Å². The molecule has 0 spiro atoms. The standard InChI is InChI=1S/C15H24ClN3OS/c1-11-15(16)21-14(18-11)8-9-17-13(20)7-6-12-5-3-4-10-19(12)2/h12H,3-10H2,1-2H3,(H,17,20)/t12-/m1/s1. The Balaban J connectivity index is 1.63. The van der Waals surface area contributed by atoms with Crippen LogP contribution in [0, 0.1) is 6.92 Å². The average Bonchev–Trinajstić information content (AvgIpc) is 2.77. The van der Waals surface area contributed by atoms with E-state index >= 15 is 0 Å².